The van der Waals surface area contributed by atoms with Crippen LogP contribution in [0.5, 0.6) is 0 Å². The predicted molar refractivity (Wildman–Crippen MR) is 93.3 cm³/mol. The molecule has 0 bridgehead atoms. The third-order valence-corrected chi connectivity index (χ3v) is 6.73. The Bertz CT molecular complexity index is 848. The van der Waals surface area contributed by atoms with Gasteiger partial charge >= 0.3 is 0 Å². The van der Waals surface area contributed by atoms with Gasteiger partial charge in [-0.15, -0.1) is 0 Å². The quantitative estimate of drug-likeness (QED) is 0.797. The summed E-state index contributed by atoms with van der Waals surface area (Å²) < 4.78 is 31.4. The summed E-state index contributed by atoms with van der Waals surface area (Å²) in [5.74, 6) is 0. The molecule has 0 aromatic carbocycles. The van der Waals surface area contributed by atoms with Crippen LogP contribution < -0.4 is 0 Å². The van der Waals surface area contributed by atoms with Crippen LogP contribution in [0, 0.1) is 27.7 Å². The van der Waals surface area contributed by atoms with Crippen molar-refractivity contribution < 1.29 is 8.42 Å². The summed E-state index contributed by atoms with van der Waals surface area (Å²) >= 11 is 0. The zero-order chi connectivity index (χ0) is 18.2. The summed E-state index contributed by atoms with van der Waals surface area (Å²) in [4.78, 5) is 0.310. The molecule has 0 spiro atoms. The van der Waals surface area contributed by atoms with Crippen molar-refractivity contribution in [2.75, 3.05) is 6.54 Å². The van der Waals surface area contributed by atoms with Gasteiger partial charge in [-0.2, -0.15) is 14.5 Å². The molecular formula is C16H27N5O2S. The molecular weight excluding hydrogens is 326 g/mol. The van der Waals surface area contributed by atoms with Crippen molar-refractivity contribution in [3.63, 3.8) is 0 Å². The Hall–Kier alpha value is -1.67. The first-order chi connectivity index (χ1) is 11.1. The van der Waals surface area contributed by atoms with Gasteiger partial charge in [-0.3, -0.25) is 9.36 Å². The molecule has 0 radical (unpaired) electrons. The molecule has 0 unspecified atom stereocenters. The van der Waals surface area contributed by atoms with E-state index in [0.29, 0.717) is 29.4 Å². The summed E-state index contributed by atoms with van der Waals surface area (Å²) in [6.45, 7) is 12.8. The third kappa shape index (κ3) is 3.00. The van der Waals surface area contributed by atoms with E-state index < -0.39 is 10.0 Å². The number of rotatable bonds is 6. The van der Waals surface area contributed by atoms with Crippen LogP contribution in [0.15, 0.2) is 4.90 Å². The van der Waals surface area contributed by atoms with Crippen molar-refractivity contribution in [2.24, 2.45) is 7.05 Å². The van der Waals surface area contributed by atoms with Gasteiger partial charge in [0, 0.05) is 37.9 Å². The minimum absolute atomic E-state index is 0.310. The molecule has 0 saturated heterocycles. The Labute approximate surface area is 144 Å². The number of nitrogens with zero attached hydrogens (tertiary/aromatic N) is 5. The smallest absolute Gasteiger partial charge is 0.247 e. The highest BCUT2D eigenvalue weighted by Crippen LogP contribution is 2.25. The van der Waals surface area contributed by atoms with Gasteiger partial charge in [0.25, 0.3) is 0 Å². The molecule has 0 aliphatic heterocycles. The largest absolute Gasteiger partial charge is 0.271 e. The summed E-state index contributed by atoms with van der Waals surface area (Å²) in [6, 6.07) is 0. The second kappa shape index (κ2) is 6.68. The lowest BCUT2D eigenvalue weighted by molar-refractivity contribution is 0.421. The van der Waals surface area contributed by atoms with Crippen molar-refractivity contribution in [3.8, 4) is 0 Å². The molecule has 7 nitrogen and oxygen atoms in total. The van der Waals surface area contributed by atoms with Gasteiger partial charge < -0.3 is 0 Å². The second-order valence-electron chi connectivity index (χ2n) is 6.02. The fraction of sp³-hybridized carbons (Fsp3) is 0.625. The molecule has 0 aliphatic rings. The van der Waals surface area contributed by atoms with Gasteiger partial charge in [-0.05, 0) is 34.6 Å². The highest BCUT2D eigenvalue weighted by Gasteiger charge is 2.30. The fourth-order valence-corrected chi connectivity index (χ4v) is 4.89. The van der Waals surface area contributed by atoms with E-state index in [1.54, 1.807) is 25.6 Å². The van der Waals surface area contributed by atoms with Gasteiger partial charge in [0.05, 0.1) is 17.1 Å². The van der Waals surface area contributed by atoms with E-state index in [2.05, 4.69) is 10.2 Å². The Morgan fingerprint density at radius 1 is 1.00 bits per heavy atom. The Balaban J connectivity index is 2.47. The maximum atomic E-state index is 13.2. The molecule has 24 heavy (non-hydrogen) atoms. The summed E-state index contributed by atoms with van der Waals surface area (Å²) in [5.41, 5.74) is 4.06. The lowest BCUT2D eigenvalue weighted by Crippen LogP contribution is -2.31. The van der Waals surface area contributed by atoms with Gasteiger partial charge in [0.1, 0.15) is 4.90 Å². The first kappa shape index (κ1) is 18.7. The van der Waals surface area contributed by atoms with Crippen LogP contribution in [0.1, 0.15) is 42.2 Å². The molecule has 2 aromatic rings. The summed E-state index contributed by atoms with van der Waals surface area (Å²) in [5, 5.41) is 8.74. The van der Waals surface area contributed by atoms with E-state index in [-0.39, 0.29) is 0 Å². The molecule has 0 atom stereocenters. The standard InChI is InChI=1S/C16H27N5O2S/c1-8-20(10-15-11(3)18-21(9-2)13(15)5)24(22,23)16-12(4)17-19(7)14(16)6/h8-10H2,1-7H3. The van der Waals surface area contributed by atoms with Crippen molar-refractivity contribution in [1.82, 2.24) is 23.9 Å². The number of aromatic nitrogens is 4. The van der Waals surface area contributed by atoms with Gasteiger partial charge in [-0.25, -0.2) is 8.42 Å². The number of aryl methyl sites for hydroxylation is 4. The van der Waals surface area contributed by atoms with Crippen molar-refractivity contribution in [1.29, 1.82) is 0 Å². The third-order valence-electron chi connectivity index (χ3n) is 4.56. The van der Waals surface area contributed by atoms with Gasteiger partial charge in [-0.1, -0.05) is 6.92 Å². The summed E-state index contributed by atoms with van der Waals surface area (Å²) in [6.07, 6.45) is 0. The average Bonchev–Trinajstić information content (AvgIpc) is 2.92. The second-order valence-corrected chi connectivity index (χ2v) is 7.89. The Morgan fingerprint density at radius 3 is 2.04 bits per heavy atom. The van der Waals surface area contributed by atoms with E-state index in [1.807, 2.05) is 32.4 Å². The van der Waals surface area contributed by atoms with Crippen LogP contribution in [-0.4, -0.2) is 38.8 Å². The number of sulfonamides is 1. The molecule has 0 fully saturated rings. The minimum Gasteiger partial charge on any atom is -0.271 e. The predicted octanol–water partition coefficient (Wildman–Crippen LogP) is 2.08. The maximum Gasteiger partial charge on any atom is 0.247 e. The highest BCUT2D eigenvalue weighted by molar-refractivity contribution is 7.89. The number of hydrogen-bond donors (Lipinski definition) is 0. The molecule has 0 amide bonds. The van der Waals surface area contributed by atoms with Crippen LogP contribution in [0.2, 0.25) is 0 Å². The van der Waals surface area contributed by atoms with E-state index in [0.717, 1.165) is 23.5 Å². The summed E-state index contributed by atoms with van der Waals surface area (Å²) in [7, 11) is -1.85. The van der Waals surface area contributed by atoms with E-state index in [9.17, 15) is 8.42 Å². The van der Waals surface area contributed by atoms with Crippen LogP contribution in [-0.2, 0) is 30.2 Å². The Morgan fingerprint density at radius 2 is 1.62 bits per heavy atom. The average molecular weight is 353 g/mol. The zero-order valence-corrected chi connectivity index (χ0v) is 16.4. The van der Waals surface area contributed by atoms with Crippen molar-refractivity contribution in [2.45, 2.75) is 59.5 Å². The maximum absolute atomic E-state index is 13.2. The number of hydrogen-bond acceptors (Lipinski definition) is 4. The van der Waals surface area contributed by atoms with Crippen LogP contribution in [0.25, 0.3) is 0 Å². The normalized spacial score (nSPS) is 12.3. The SMILES string of the molecule is CCN(Cc1c(C)nn(CC)c1C)S(=O)(=O)c1c(C)nn(C)c1C. The van der Waals surface area contributed by atoms with E-state index >= 15 is 0 Å². The fourth-order valence-electron chi connectivity index (χ4n) is 3.07. The van der Waals surface area contributed by atoms with E-state index in [1.165, 1.54) is 4.31 Å². The topological polar surface area (TPSA) is 73.0 Å². The Kier molecular flexibility index (Phi) is 5.19. The molecule has 0 aliphatic carbocycles. The monoisotopic (exact) mass is 353 g/mol. The molecule has 2 aromatic heterocycles. The van der Waals surface area contributed by atoms with Crippen LogP contribution in [0.3, 0.4) is 0 Å². The molecule has 8 heteroatoms. The molecule has 134 valence electrons. The van der Waals surface area contributed by atoms with Crippen molar-refractivity contribution >= 4 is 10.0 Å². The lowest BCUT2D eigenvalue weighted by Gasteiger charge is -2.21. The molecule has 0 saturated carbocycles. The zero-order valence-electron chi connectivity index (χ0n) is 15.6. The van der Waals surface area contributed by atoms with Gasteiger partial charge in [0.2, 0.25) is 10.0 Å². The highest BCUT2D eigenvalue weighted by atomic mass is 32.2. The lowest BCUT2D eigenvalue weighted by atomic mass is 10.2. The molecule has 2 rings (SSSR count). The molecule has 0 N–H and O–H groups in total. The molecule has 2 heterocycles. The van der Waals surface area contributed by atoms with Crippen LogP contribution in [0.4, 0.5) is 0 Å². The minimum atomic E-state index is -3.61. The van der Waals surface area contributed by atoms with Crippen molar-refractivity contribution in [3.05, 3.63) is 28.3 Å². The van der Waals surface area contributed by atoms with Crippen LogP contribution >= 0.6 is 0 Å². The van der Waals surface area contributed by atoms with E-state index in [4.69, 9.17) is 0 Å². The first-order valence-corrected chi connectivity index (χ1v) is 9.62. The first-order valence-electron chi connectivity index (χ1n) is 8.18. The van der Waals surface area contributed by atoms with Gasteiger partial charge in [0.15, 0.2) is 0 Å².